The predicted octanol–water partition coefficient (Wildman–Crippen LogP) is 2.31. The summed E-state index contributed by atoms with van der Waals surface area (Å²) in [6.07, 6.45) is -1.01. The summed E-state index contributed by atoms with van der Waals surface area (Å²) >= 11 is 10.9. The molecule has 3 N–H and O–H groups in total. The van der Waals surface area contributed by atoms with Crippen LogP contribution in [0.3, 0.4) is 0 Å². The minimum absolute atomic E-state index is 0. The first-order chi connectivity index (χ1) is 13.1. The number of carbonyl (C=O) groups is 2. The van der Waals surface area contributed by atoms with E-state index in [1.165, 1.54) is 24.3 Å². The van der Waals surface area contributed by atoms with Gasteiger partial charge in [-0.1, -0.05) is 35.3 Å². The van der Waals surface area contributed by atoms with Gasteiger partial charge >= 0.3 is 6.16 Å². The third kappa shape index (κ3) is 9.35. The van der Waals surface area contributed by atoms with Crippen molar-refractivity contribution in [2.75, 3.05) is 26.1 Å². The second-order valence-corrected chi connectivity index (χ2v) is 8.80. The fraction of sp³-hybridized carbons (Fsp3) is 0.500. The van der Waals surface area contributed by atoms with Gasteiger partial charge in [-0.05, 0) is 30.7 Å². The normalized spacial score (nSPS) is 13.2. The highest BCUT2D eigenvalue weighted by molar-refractivity contribution is 7.90. The number of ether oxygens (including phenoxy) is 2. The molecule has 0 heterocycles. The molecular formula is C16H22Cl3FN2O6S. The molecular weight excluding hydrogens is 474 g/mol. The third-order valence-electron chi connectivity index (χ3n) is 3.49. The van der Waals surface area contributed by atoms with Gasteiger partial charge in [0.25, 0.3) is 5.91 Å². The first-order valence-electron chi connectivity index (χ1n) is 8.08. The Bertz CT molecular complexity index is 764. The highest BCUT2D eigenvalue weighted by atomic mass is 35.5. The number of nitrogens with two attached hydrogens (primary N) is 1. The zero-order valence-corrected chi connectivity index (χ0v) is 18.5. The average Bonchev–Trinajstić information content (AvgIpc) is 2.63. The van der Waals surface area contributed by atoms with E-state index in [1.54, 1.807) is 0 Å². The van der Waals surface area contributed by atoms with Gasteiger partial charge in [0.2, 0.25) is 0 Å². The lowest BCUT2D eigenvalue weighted by Crippen LogP contribution is -2.44. The topological polar surface area (TPSA) is 125 Å². The van der Waals surface area contributed by atoms with E-state index < -0.39 is 45.6 Å². The molecule has 0 aliphatic heterocycles. The van der Waals surface area contributed by atoms with Crippen LogP contribution in [0.25, 0.3) is 0 Å². The summed E-state index contributed by atoms with van der Waals surface area (Å²) in [5.74, 6) is -0.885. The number of hydrogen-bond acceptors (Lipinski definition) is 7. The Balaban J connectivity index is 0.00000784. The van der Waals surface area contributed by atoms with Gasteiger partial charge in [0.15, 0.2) is 20.8 Å². The first-order valence-corrected chi connectivity index (χ1v) is 10.8. The SMILES string of the molecule is CS(=O)(=O)c1ccc(C(OC(=O)OCCCN)C(CF)NC(=O)C(Cl)Cl)cc1.Cl. The number of nitrogens with one attached hydrogen (secondary N) is 1. The molecule has 1 aromatic carbocycles. The van der Waals surface area contributed by atoms with Gasteiger partial charge in [-0.25, -0.2) is 17.6 Å². The number of alkyl halides is 3. The molecule has 13 heteroatoms. The van der Waals surface area contributed by atoms with Gasteiger partial charge in [0, 0.05) is 6.26 Å². The molecule has 0 aliphatic rings. The smallest absolute Gasteiger partial charge is 0.434 e. The molecule has 29 heavy (non-hydrogen) atoms. The first kappa shape index (κ1) is 27.7. The number of carbonyl (C=O) groups excluding carboxylic acids is 2. The van der Waals surface area contributed by atoms with E-state index in [-0.39, 0.29) is 29.5 Å². The zero-order chi connectivity index (χ0) is 21.3. The average molecular weight is 496 g/mol. The number of hydrogen-bond donors (Lipinski definition) is 2. The second kappa shape index (κ2) is 13.1. The van der Waals surface area contributed by atoms with Crippen molar-refractivity contribution in [1.82, 2.24) is 5.32 Å². The number of benzene rings is 1. The Morgan fingerprint density at radius 3 is 2.28 bits per heavy atom. The van der Waals surface area contributed by atoms with Gasteiger partial charge in [-0.15, -0.1) is 12.4 Å². The summed E-state index contributed by atoms with van der Waals surface area (Å²) in [6.45, 7) is -0.840. The predicted molar refractivity (Wildman–Crippen MR) is 109 cm³/mol. The Hall–Kier alpha value is -1.33. The van der Waals surface area contributed by atoms with E-state index in [4.69, 9.17) is 38.4 Å². The van der Waals surface area contributed by atoms with Crippen molar-refractivity contribution >= 4 is 57.5 Å². The minimum atomic E-state index is -3.46. The van der Waals surface area contributed by atoms with Crippen LogP contribution in [-0.2, 0) is 24.1 Å². The van der Waals surface area contributed by atoms with Crippen molar-refractivity contribution in [1.29, 1.82) is 0 Å². The molecule has 0 saturated heterocycles. The monoisotopic (exact) mass is 494 g/mol. The summed E-state index contributed by atoms with van der Waals surface area (Å²) in [6, 6.07) is 3.87. The van der Waals surface area contributed by atoms with Crippen LogP contribution in [0.15, 0.2) is 29.2 Å². The summed E-state index contributed by atoms with van der Waals surface area (Å²) in [7, 11) is -3.46. The quantitative estimate of drug-likeness (QED) is 0.290. The standard InChI is InChI=1S/C16H21Cl2FN2O6S.ClH/c1-28(24,25)11-5-3-10(4-6-11)13(27-16(23)26-8-2-7-20)12(9-19)21-15(22)14(17)18;/h3-6,12-14H,2,7-9,20H2,1H3,(H,21,22);1H. The van der Waals surface area contributed by atoms with E-state index in [1.807, 2.05) is 0 Å². The van der Waals surface area contributed by atoms with E-state index >= 15 is 0 Å². The lowest BCUT2D eigenvalue weighted by Gasteiger charge is -2.26. The van der Waals surface area contributed by atoms with Crippen LogP contribution in [0.5, 0.6) is 0 Å². The molecule has 0 fully saturated rings. The molecule has 8 nitrogen and oxygen atoms in total. The Kier molecular flexibility index (Phi) is 12.5. The fourth-order valence-corrected chi connectivity index (χ4v) is 2.86. The van der Waals surface area contributed by atoms with Crippen molar-refractivity contribution in [2.24, 2.45) is 5.73 Å². The number of sulfone groups is 1. The zero-order valence-electron chi connectivity index (χ0n) is 15.3. The van der Waals surface area contributed by atoms with Crippen LogP contribution in [0.1, 0.15) is 18.1 Å². The molecule has 2 unspecified atom stereocenters. The minimum Gasteiger partial charge on any atom is -0.434 e. The fourth-order valence-electron chi connectivity index (χ4n) is 2.10. The molecule has 0 aromatic heterocycles. The van der Waals surface area contributed by atoms with Crippen LogP contribution < -0.4 is 11.1 Å². The Labute approximate surface area is 184 Å². The molecule has 0 spiro atoms. The van der Waals surface area contributed by atoms with Crippen LogP contribution >= 0.6 is 35.6 Å². The largest absolute Gasteiger partial charge is 0.508 e. The summed E-state index contributed by atoms with van der Waals surface area (Å²) < 4.78 is 46.8. The van der Waals surface area contributed by atoms with Gasteiger partial charge in [0.1, 0.15) is 6.67 Å². The number of rotatable bonds is 10. The van der Waals surface area contributed by atoms with Crippen molar-refractivity contribution < 1.29 is 31.9 Å². The van der Waals surface area contributed by atoms with Crippen molar-refractivity contribution in [3.8, 4) is 0 Å². The molecule has 2 atom stereocenters. The maximum absolute atomic E-state index is 13.6. The van der Waals surface area contributed by atoms with E-state index in [0.29, 0.717) is 13.0 Å². The molecule has 0 bridgehead atoms. The van der Waals surface area contributed by atoms with Crippen LogP contribution in [0.4, 0.5) is 9.18 Å². The van der Waals surface area contributed by atoms with Gasteiger partial charge in [-0.3, -0.25) is 4.79 Å². The van der Waals surface area contributed by atoms with Crippen molar-refractivity contribution in [2.45, 2.75) is 28.3 Å². The molecule has 1 amide bonds. The lowest BCUT2D eigenvalue weighted by molar-refractivity contribution is -0.121. The van der Waals surface area contributed by atoms with Gasteiger partial charge < -0.3 is 20.5 Å². The molecule has 0 saturated carbocycles. The maximum atomic E-state index is 13.6. The number of amides is 1. The lowest BCUT2D eigenvalue weighted by atomic mass is 10.0. The third-order valence-corrected chi connectivity index (χ3v) is 5.01. The molecule has 0 radical (unpaired) electrons. The molecule has 1 rings (SSSR count). The number of halogens is 4. The summed E-state index contributed by atoms with van der Waals surface area (Å²) in [5, 5.41) is 2.23. The molecule has 0 aliphatic carbocycles. The Morgan fingerprint density at radius 1 is 1.24 bits per heavy atom. The summed E-state index contributed by atoms with van der Waals surface area (Å²) in [5.41, 5.74) is 5.53. The Morgan fingerprint density at radius 2 is 1.83 bits per heavy atom. The van der Waals surface area contributed by atoms with Crippen LogP contribution in [0, 0.1) is 0 Å². The van der Waals surface area contributed by atoms with Crippen molar-refractivity contribution in [3.05, 3.63) is 29.8 Å². The van der Waals surface area contributed by atoms with E-state index in [0.717, 1.165) is 6.26 Å². The summed E-state index contributed by atoms with van der Waals surface area (Å²) in [4.78, 5) is 22.2. The van der Waals surface area contributed by atoms with Crippen molar-refractivity contribution in [3.63, 3.8) is 0 Å². The van der Waals surface area contributed by atoms with Crippen LogP contribution in [0.2, 0.25) is 0 Å². The van der Waals surface area contributed by atoms with E-state index in [2.05, 4.69) is 5.32 Å². The maximum Gasteiger partial charge on any atom is 0.508 e. The molecule has 1 aromatic rings. The van der Waals surface area contributed by atoms with Crippen LogP contribution in [-0.4, -0.2) is 57.4 Å². The highest BCUT2D eigenvalue weighted by Crippen LogP contribution is 2.25. The highest BCUT2D eigenvalue weighted by Gasteiger charge is 2.31. The van der Waals surface area contributed by atoms with E-state index in [9.17, 15) is 22.4 Å². The molecule has 166 valence electrons. The van der Waals surface area contributed by atoms with Gasteiger partial charge in [-0.2, -0.15) is 0 Å². The van der Waals surface area contributed by atoms with Gasteiger partial charge in [0.05, 0.1) is 17.5 Å². The second-order valence-electron chi connectivity index (χ2n) is 5.69.